The van der Waals surface area contributed by atoms with E-state index in [0.717, 1.165) is 99.8 Å². The monoisotopic (exact) mass is 568 g/mol. The Kier molecular flexibility index (Phi) is 8.13. The minimum Gasteiger partial charge on any atom is -0.338 e. The average Bonchev–Trinajstić information content (AvgIpc) is 3.02. The molecule has 2 saturated heterocycles. The Hall–Kier alpha value is -3.99. The second-order valence-corrected chi connectivity index (χ2v) is 10.4. The Labute approximate surface area is 245 Å². The van der Waals surface area contributed by atoms with E-state index in [1.165, 1.54) is 10.8 Å². The fourth-order valence-corrected chi connectivity index (χ4v) is 5.61. The predicted molar refractivity (Wildman–Crippen MR) is 163 cm³/mol. The highest BCUT2D eigenvalue weighted by Gasteiger charge is 2.24. The number of halogens is 1. The molecule has 0 amide bonds. The third-order valence-corrected chi connectivity index (χ3v) is 7.85. The molecule has 2 aromatic carbocycles. The summed E-state index contributed by atoms with van der Waals surface area (Å²) in [6.45, 7) is 8.90. The van der Waals surface area contributed by atoms with E-state index in [9.17, 15) is 0 Å². The first-order valence-electron chi connectivity index (χ1n) is 14.0. The van der Waals surface area contributed by atoms with Crippen LogP contribution in [0.15, 0.2) is 73.3 Å². The number of piperazine rings is 2. The lowest BCUT2D eigenvalue weighted by Crippen LogP contribution is -2.47. The van der Waals surface area contributed by atoms with Gasteiger partial charge in [0, 0.05) is 90.2 Å². The number of rotatable bonds is 6. The van der Waals surface area contributed by atoms with Crippen LogP contribution in [0.3, 0.4) is 0 Å². The fourth-order valence-electron chi connectivity index (χ4n) is 5.61. The molecule has 0 saturated carbocycles. The Balaban J connectivity index is 0.00000302. The van der Waals surface area contributed by atoms with Gasteiger partial charge in [-0.1, -0.05) is 24.3 Å². The minimum atomic E-state index is 0. The lowest BCUT2D eigenvalue weighted by atomic mass is 10.1. The lowest BCUT2D eigenvalue weighted by Gasteiger charge is -2.36. The van der Waals surface area contributed by atoms with E-state index in [2.05, 4.69) is 75.9 Å². The molecular formula is C30H33ClN10. The number of aromatic nitrogens is 6. The zero-order chi connectivity index (χ0) is 26.7. The third kappa shape index (κ3) is 6.04. The molecule has 0 radical (unpaired) electrons. The van der Waals surface area contributed by atoms with Gasteiger partial charge >= 0.3 is 0 Å². The van der Waals surface area contributed by atoms with Gasteiger partial charge in [0.25, 0.3) is 0 Å². The van der Waals surface area contributed by atoms with Crippen LogP contribution in [0.2, 0.25) is 0 Å². The van der Waals surface area contributed by atoms with Gasteiger partial charge in [-0.2, -0.15) is 0 Å². The third-order valence-electron chi connectivity index (χ3n) is 7.85. The normalized spacial score (nSPS) is 16.7. The molecule has 0 bridgehead atoms. The molecule has 0 N–H and O–H groups in total. The molecule has 2 aliphatic heterocycles. The van der Waals surface area contributed by atoms with E-state index in [4.69, 9.17) is 9.97 Å². The van der Waals surface area contributed by atoms with Crippen LogP contribution in [-0.2, 0) is 13.1 Å². The molecule has 7 rings (SSSR count). The van der Waals surface area contributed by atoms with Gasteiger partial charge in [0.1, 0.15) is 0 Å². The molecule has 210 valence electrons. The minimum absolute atomic E-state index is 0. The second kappa shape index (κ2) is 12.3. The van der Waals surface area contributed by atoms with Crippen LogP contribution in [0.25, 0.3) is 21.8 Å². The first-order chi connectivity index (χ1) is 19.8. The first-order valence-corrected chi connectivity index (χ1v) is 14.0. The van der Waals surface area contributed by atoms with Crippen LogP contribution in [-0.4, -0.2) is 92.1 Å². The maximum absolute atomic E-state index is 5.23. The molecule has 3 aromatic heterocycles. The van der Waals surface area contributed by atoms with Gasteiger partial charge in [0.05, 0.1) is 22.4 Å². The predicted octanol–water partition coefficient (Wildman–Crippen LogP) is 3.43. The van der Waals surface area contributed by atoms with E-state index in [1.54, 1.807) is 0 Å². The fraction of sp³-hybridized carbons (Fsp3) is 0.333. The molecule has 10 nitrogen and oxygen atoms in total. The van der Waals surface area contributed by atoms with Crippen molar-refractivity contribution in [3.63, 3.8) is 0 Å². The Morgan fingerprint density at radius 1 is 0.512 bits per heavy atom. The van der Waals surface area contributed by atoms with E-state index >= 15 is 0 Å². The number of hydrogen-bond donors (Lipinski definition) is 0. The molecule has 2 aliphatic rings. The van der Waals surface area contributed by atoms with Crippen molar-refractivity contribution in [2.75, 3.05) is 62.2 Å². The summed E-state index contributed by atoms with van der Waals surface area (Å²) in [5, 5.41) is 2.39. The maximum Gasteiger partial charge on any atom is 0.225 e. The van der Waals surface area contributed by atoms with Gasteiger partial charge in [0.15, 0.2) is 0 Å². The molecule has 0 unspecified atom stereocenters. The first kappa shape index (κ1) is 27.2. The summed E-state index contributed by atoms with van der Waals surface area (Å²) in [6, 6.07) is 16.5. The molecule has 5 aromatic rings. The van der Waals surface area contributed by atoms with E-state index < -0.39 is 0 Å². The SMILES string of the molecule is Cl.c1cnc(N2CCN(Cc3nc4cc5ccccc5cc4nc3CN3CCN(c4ncccn4)CC3)CC2)nc1. The van der Waals surface area contributed by atoms with Crippen molar-refractivity contribution in [1.82, 2.24) is 39.7 Å². The standard InChI is InChI=1S/C30H32N10.ClH/c1-2-6-24-20-26-25(19-23(24)5-1)35-27(21-37-11-15-39(16-12-37)29-31-7-3-8-32-29)28(36-26)22-38-13-17-40(18-14-38)30-33-9-4-10-34-30;/h1-10,19-20H,11-18,21-22H2;1H. The smallest absolute Gasteiger partial charge is 0.225 e. The maximum atomic E-state index is 5.23. The van der Waals surface area contributed by atoms with Crippen LogP contribution >= 0.6 is 12.4 Å². The van der Waals surface area contributed by atoms with Crippen LogP contribution in [0.5, 0.6) is 0 Å². The summed E-state index contributed by atoms with van der Waals surface area (Å²) in [5.74, 6) is 1.61. The largest absolute Gasteiger partial charge is 0.338 e. The van der Waals surface area contributed by atoms with Gasteiger partial charge in [-0.25, -0.2) is 29.9 Å². The highest BCUT2D eigenvalue weighted by atomic mass is 35.5. The summed E-state index contributed by atoms with van der Waals surface area (Å²) in [5.41, 5.74) is 4.06. The molecule has 0 atom stereocenters. The average molecular weight is 569 g/mol. The summed E-state index contributed by atoms with van der Waals surface area (Å²) in [4.78, 5) is 37.6. The summed E-state index contributed by atoms with van der Waals surface area (Å²) in [6.07, 6.45) is 7.23. The second-order valence-electron chi connectivity index (χ2n) is 10.4. The molecule has 2 fully saturated rings. The van der Waals surface area contributed by atoms with Crippen LogP contribution in [0.4, 0.5) is 11.9 Å². The molecule has 0 aliphatic carbocycles. The van der Waals surface area contributed by atoms with Gasteiger partial charge in [0.2, 0.25) is 11.9 Å². The van der Waals surface area contributed by atoms with Crippen molar-refractivity contribution in [3.05, 3.63) is 84.7 Å². The topological polar surface area (TPSA) is 90.3 Å². The molecule has 11 heteroatoms. The number of hydrogen-bond acceptors (Lipinski definition) is 10. The van der Waals surface area contributed by atoms with Gasteiger partial charge < -0.3 is 9.80 Å². The van der Waals surface area contributed by atoms with Crippen molar-refractivity contribution >= 4 is 46.1 Å². The van der Waals surface area contributed by atoms with Gasteiger partial charge in [-0.15, -0.1) is 12.4 Å². The zero-order valence-corrected chi connectivity index (χ0v) is 23.7. The van der Waals surface area contributed by atoms with E-state index in [1.807, 2.05) is 36.9 Å². The Bertz CT molecular complexity index is 1470. The quantitative estimate of drug-likeness (QED) is 0.284. The molecule has 41 heavy (non-hydrogen) atoms. The van der Waals surface area contributed by atoms with Gasteiger partial charge in [-0.05, 0) is 35.0 Å². The van der Waals surface area contributed by atoms with Crippen LogP contribution < -0.4 is 9.80 Å². The van der Waals surface area contributed by atoms with Crippen molar-refractivity contribution in [3.8, 4) is 0 Å². The Morgan fingerprint density at radius 2 is 0.902 bits per heavy atom. The van der Waals surface area contributed by atoms with Crippen molar-refractivity contribution in [1.29, 1.82) is 0 Å². The van der Waals surface area contributed by atoms with Crippen LogP contribution in [0.1, 0.15) is 11.4 Å². The highest BCUT2D eigenvalue weighted by molar-refractivity contribution is 5.94. The van der Waals surface area contributed by atoms with Crippen molar-refractivity contribution in [2.45, 2.75) is 13.1 Å². The summed E-state index contributed by atoms with van der Waals surface area (Å²) < 4.78 is 0. The van der Waals surface area contributed by atoms with E-state index in [-0.39, 0.29) is 12.4 Å². The number of benzene rings is 2. The molecular weight excluding hydrogens is 536 g/mol. The zero-order valence-electron chi connectivity index (χ0n) is 22.9. The molecule has 0 spiro atoms. The molecule has 5 heterocycles. The number of anilines is 2. The van der Waals surface area contributed by atoms with Gasteiger partial charge in [-0.3, -0.25) is 9.80 Å². The summed E-state index contributed by atoms with van der Waals surface area (Å²) >= 11 is 0. The highest BCUT2D eigenvalue weighted by Crippen LogP contribution is 2.24. The Morgan fingerprint density at radius 3 is 1.29 bits per heavy atom. The van der Waals surface area contributed by atoms with Crippen molar-refractivity contribution in [2.24, 2.45) is 0 Å². The number of fused-ring (bicyclic) bond motifs is 2. The summed E-state index contributed by atoms with van der Waals surface area (Å²) in [7, 11) is 0. The van der Waals surface area contributed by atoms with E-state index in [0.29, 0.717) is 0 Å². The van der Waals surface area contributed by atoms with Crippen LogP contribution in [0, 0.1) is 0 Å². The lowest BCUT2D eigenvalue weighted by molar-refractivity contribution is 0.232. The van der Waals surface area contributed by atoms with Crippen molar-refractivity contribution < 1.29 is 0 Å². The number of nitrogens with zero attached hydrogens (tertiary/aromatic N) is 10.